The van der Waals surface area contributed by atoms with Gasteiger partial charge in [0, 0.05) is 25.2 Å². The van der Waals surface area contributed by atoms with E-state index in [9.17, 15) is 19.8 Å². The van der Waals surface area contributed by atoms with Gasteiger partial charge in [-0.2, -0.15) is 0 Å². The topological polar surface area (TPSA) is 112 Å². The minimum absolute atomic E-state index is 0.0411. The van der Waals surface area contributed by atoms with Crippen LogP contribution in [0.4, 0.5) is 0 Å². The van der Waals surface area contributed by atoms with Crippen LogP contribution >= 0.6 is 0 Å². The molecule has 8 heteroatoms. The van der Waals surface area contributed by atoms with Crippen LogP contribution in [0.25, 0.3) is 0 Å². The molecule has 0 aromatic heterocycles. The third-order valence-corrected chi connectivity index (χ3v) is 3.98. The summed E-state index contributed by atoms with van der Waals surface area (Å²) in [6.45, 7) is 14.3. The Morgan fingerprint density at radius 2 is 1.38 bits per heavy atom. The van der Waals surface area contributed by atoms with Gasteiger partial charge in [0.25, 0.3) is 0 Å². The van der Waals surface area contributed by atoms with Crippen LogP contribution in [0.2, 0.25) is 0 Å². The van der Waals surface area contributed by atoms with Crippen molar-refractivity contribution in [2.75, 3.05) is 26.4 Å². The molecular formula is C21H36O8. The molecule has 2 N–H and O–H groups in total. The first-order valence-electron chi connectivity index (χ1n) is 9.63. The van der Waals surface area contributed by atoms with Gasteiger partial charge in [-0.05, 0) is 40.5 Å². The lowest BCUT2D eigenvalue weighted by molar-refractivity contribution is -0.143. The Hall–Kier alpha value is -1.74. The molecule has 0 aliphatic heterocycles. The fraction of sp³-hybridized carbons (Fsp3) is 0.714. The number of carbonyl (C=O) groups is 2. The number of ether oxygens (including phenoxy) is 4. The first kappa shape index (κ1) is 27.3. The van der Waals surface area contributed by atoms with Crippen molar-refractivity contribution in [2.45, 2.75) is 70.4 Å². The van der Waals surface area contributed by atoms with Gasteiger partial charge in [-0.1, -0.05) is 13.2 Å². The van der Waals surface area contributed by atoms with E-state index in [0.717, 1.165) is 12.2 Å². The second-order valence-corrected chi connectivity index (χ2v) is 7.96. The van der Waals surface area contributed by atoms with Gasteiger partial charge >= 0.3 is 11.9 Å². The third kappa shape index (κ3) is 14.9. The average Bonchev–Trinajstić information content (AvgIpc) is 2.65. The van der Waals surface area contributed by atoms with Gasteiger partial charge in [0.15, 0.2) is 0 Å². The number of rotatable bonds is 16. The Bertz CT molecular complexity index is 527. The van der Waals surface area contributed by atoms with Crippen molar-refractivity contribution in [3.8, 4) is 0 Å². The zero-order chi connectivity index (χ0) is 22.5. The molecule has 0 bridgehead atoms. The summed E-state index contributed by atoms with van der Waals surface area (Å²) in [7, 11) is 0. The zero-order valence-electron chi connectivity index (χ0n) is 18.0. The van der Waals surface area contributed by atoms with Crippen LogP contribution in [0, 0.1) is 0 Å². The Kier molecular flexibility index (Phi) is 12.7. The SMILES string of the molecule is C=CC(=O)OCC(O)COC(C)(C)CCCOC(C)(C)CC(O)COC(=O)C=C. The molecule has 0 radical (unpaired) electrons. The summed E-state index contributed by atoms with van der Waals surface area (Å²) in [5, 5.41) is 19.8. The van der Waals surface area contributed by atoms with Crippen LogP contribution in [0.1, 0.15) is 47.0 Å². The lowest BCUT2D eigenvalue weighted by Gasteiger charge is -2.30. The number of aliphatic hydroxyl groups is 2. The Balaban J connectivity index is 4.09. The number of carbonyl (C=O) groups excluding carboxylic acids is 2. The number of hydrogen-bond donors (Lipinski definition) is 2. The molecule has 0 amide bonds. The van der Waals surface area contributed by atoms with E-state index in [-0.39, 0.29) is 19.8 Å². The molecule has 0 aromatic carbocycles. The van der Waals surface area contributed by atoms with Gasteiger partial charge in [0.2, 0.25) is 0 Å². The minimum atomic E-state index is -0.912. The Morgan fingerprint density at radius 1 is 0.862 bits per heavy atom. The predicted molar refractivity (Wildman–Crippen MR) is 108 cm³/mol. The largest absolute Gasteiger partial charge is 0.460 e. The highest BCUT2D eigenvalue weighted by Gasteiger charge is 2.25. The Morgan fingerprint density at radius 3 is 1.90 bits per heavy atom. The third-order valence-electron chi connectivity index (χ3n) is 3.98. The van der Waals surface area contributed by atoms with Crippen molar-refractivity contribution in [3.05, 3.63) is 25.3 Å². The second kappa shape index (κ2) is 13.5. The molecule has 0 saturated carbocycles. The smallest absolute Gasteiger partial charge is 0.330 e. The van der Waals surface area contributed by atoms with Gasteiger partial charge < -0.3 is 29.2 Å². The summed E-state index contributed by atoms with van der Waals surface area (Å²) in [5.41, 5.74) is -1.08. The minimum Gasteiger partial charge on any atom is -0.460 e. The number of hydrogen-bond acceptors (Lipinski definition) is 8. The first-order chi connectivity index (χ1) is 13.4. The molecule has 0 aliphatic rings. The van der Waals surface area contributed by atoms with E-state index in [1.807, 2.05) is 27.7 Å². The van der Waals surface area contributed by atoms with Crippen LogP contribution in [0.15, 0.2) is 25.3 Å². The van der Waals surface area contributed by atoms with E-state index in [0.29, 0.717) is 25.9 Å². The highest BCUT2D eigenvalue weighted by molar-refractivity contribution is 5.81. The fourth-order valence-corrected chi connectivity index (χ4v) is 2.45. The van der Waals surface area contributed by atoms with Crippen LogP contribution in [0.5, 0.6) is 0 Å². The quantitative estimate of drug-likeness (QED) is 0.223. The maximum Gasteiger partial charge on any atom is 0.330 e. The molecule has 29 heavy (non-hydrogen) atoms. The summed E-state index contributed by atoms with van der Waals surface area (Å²) >= 11 is 0. The number of esters is 2. The van der Waals surface area contributed by atoms with Crippen molar-refractivity contribution < 1.29 is 38.7 Å². The van der Waals surface area contributed by atoms with Gasteiger partial charge in [-0.3, -0.25) is 0 Å². The zero-order valence-corrected chi connectivity index (χ0v) is 18.0. The van der Waals surface area contributed by atoms with Crippen LogP contribution in [-0.4, -0.2) is 72.0 Å². The van der Waals surface area contributed by atoms with Gasteiger partial charge in [0.05, 0.1) is 23.9 Å². The standard InChI is InChI=1S/C21H36O8/c1-7-18(24)26-13-16(22)12-21(5,6)28-11-9-10-20(3,4)29-15-17(23)14-27-19(25)8-2/h7-8,16-17,22-23H,1-2,9-15H2,3-6H3. The monoisotopic (exact) mass is 416 g/mol. The van der Waals surface area contributed by atoms with Gasteiger partial charge in [-0.25, -0.2) is 9.59 Å². The summed E-state index contributed by atoms with van der Waals surface area (Å²) in [4.78, 5) is 22.0. The van der Waals surface area contributed by atoms with Gasteiger partial charge in [-0.15, -0.1) is 0 Å². The molecule has 0 fully saturated rings. The lowest BCUT2D eigenvalue weighted by atomic mass is 10.00. The van der Waals surface area contributed by atoms with Crippen molar-refractivity contribution in [3.63, 3.8) is 0 Å². The summed E-state index contributed by atoms with van der Waals surface area (Å²) < 4.78 is 21.1. The van der Waals surface area contributed by atoms with Crippen molar-refractivity contribution >= 4 is 11.9 Å². The molecule has 0 rings (SSSR count). The van der Waals surface area contributed by atoms with Crippen LogP contribution in [0.3, 0.4) is 0 Å². The molecule has 168 valence electrons. The molecule has 2 unspecified atom stereocenters. The van der Waals surface area contributed by atoms with E-state index in [1.54, 1.807) is 0 Å². The molecular weight excluding hydrogens is 380 g/mol. The molecule has 2 atom stereocenters. The molecule has 0 spiro atoms. The molecule has 8 nitrogen and oxygen atoms in total. The average molecular weight is 417 g/mol. The normalized spacial score (nSPS) is 14.0. The van der Waals surface area contributed by atoms with Crippen molar-refractivity contribution in [1.82, 2.24) is 0 Å². The molecule has 0 aromatic rings. The highest BCUT2D eigenvalue weighted by atomic mass is 16.6. The molecule has 0 saturated heterocycles. The molecule has 0 aliphatic carbocycles. The fourth-order valence-electron chi connectivity index (χ4n) is 2.45. The maximum atomic E-state index is 11.0. The summed E-state index contributed by atoms with van der Waals surface area (Å²) in [5.74, 6) is -1.17. The number of aliphatic hydroxyl groups excluding tert-OH is 2. The van der Waals surface area contributed by atoms with E-state index in [1.165, 1.54) is 0 Å². The second-order valence-electron chi connectivity index (χ2n) is 7.96. The molecule has 0 heterocycles. The van der Waals surface area contributed by atoms with Crippen LogP contribution < -0.4 is 0 Å². The lowest BCUT2D eigenvalue weighted by Crippen LogP contribution is -2.34. The van der Waals surface area contributed by atoms with E-state index in [2.05, 4.69) is 13.2 Å². The summed E-state index contributed by atoms with van der Waals surface area (Å²) in [6.07, 6.45) is 2.04. The van der Waals surface area contributed by atoms with E-state index < -0.39 is 35.3 Å². The van der Waals surface area contributed by atoms with Crippen molar-refractivity contribution in [1.29, 1.82) is 0 Å². The summed E-state index contributed by atoms with van der Waals surface area (Å²) in [6, 6.07) is 0. The maximum absolute atomic E-state index is 11.0. The highest BCUT2D eigenvalue weighted by Crippen LogP contribution is 2.21. The first-order valence-corrected chi connectivity index (χ1v) is 9.63. The van der Waals surface area contributed by atoms with E-state index >= 15 is 0 Å². The van der Waals surface area contributed by atoms with E-state index in [4.69, 9.17) is 18.9 Å². The van der Waals surface area contributed by atoms with Crippen molar-refractivity contribution in [2.24, 2.45) is 0 Å². The Labute approximate surface area is 173 Å². The van der Waals surface area contributed by atoms with Gasteiger partial charge in [0.1, 0.15) is 19.3 Å². The predicted octanol–water partition coefficient (Wildman–Crippen LogP) is 1.93. The van der Waals surface area contributed by atoms with Crippen LogP contribution in [-0.2, 0) is 28.5 Å².